The highest BCUT2D eigenvalue weighted by molar-refractivity contribution is 6.00. The van der Waals surface area contributed by atoms with Crippen LogP contribution in [0.1, 0.15) is 46.0 Å². The molecule has 1 rings (SSSR count). The third kappa shape index (κ3) is 3.47. The molecule has 0 aliphatic heterocycles. The first-order valence-electron chi connectivity index (χ1n) is 6.93. The summed E-state index contributed by atoms with van der Waals surface area (Å²) < 4.78 is 4.71. The van der Waals surface area contributed by atoms with Gasteiger partial charge in [0.05, 0.1) is 18.1 Å². The number of nitrogens with one attached hydrogen (secondary N) is 3. The predicted molar refractivity (Wildman–Crippen MR) is 81.8 cm³/mol. The van der Waals surface area contributed by atoms with Crippen LogP contribution < -0.4 is 10.6 Å². The molecule has 1 aromatic rings. The van der Waals surface area contributed by atoms with E-state index in [0.717, 1.165) is 0 Å². The van der Waals surface area contributed by atoms with Gasteiger partial charge in [-0.3, -0.25) is 9.59 Å². The van der Waals surface area contributed by atoms with Crippen molar-refractivity contribution in [3.63, 3.8) is 0 Å². The zero-order valence-electron chi connectivity index (χ0n) is 13.8. The van der Waals surface area contributed by atoms with E-state index in [1.165, 1.54) is 7.11 Å². The van der Waals surface area contributed by atoms with E-state index < -0.39 is 11.4 Å². The maximum absolute atomic E-state index is 12.3. The molecule has 2 amide bonds. The zero-order chi connectivity index (χ0) is 17.1. The Bertz CT molecular complexity index is 602. The van der Waals surface area contributed by atoms with Crippen LogP contribution in [0.3, 0.4) is 0 Å². The molecule has 0 aliphatic rings. The molecule has 0 saturated carbocycles. The molecule has 1 heterocycles. The number of carbonyl (C=O) groups excluding carboxylic acids is 3. The van der Waals surface area contributed by atoms with Gasteiger partial charge in [0.25, 0.3) is 5.91 Å². The second-order valence-electron chi connectivity index (χ2n) is 5.76. The van der Waals surface area contributed by atoms with Gasteiger partial charge in [-0.1, -0.05) is 0 Å². The lowest BCUT2D eigenvalue weighted by molar-refractivity contribution is -0.128. The molecule has 0 unspecified atom stereocenters. The van der Waals surface area contributed by atoms with Gasteiger partial charge in [-0.15, -0.1) is 0 Å². The standard InChI is InChI=1S/C15H23N3O4/c1-8-10(13(20)22-6)9(2)18-11(8)12(19)17-7-15(3,4)14(21)16-5/h18H,7H2,1-6H3,(H,16,21)(H,17,19). The maximum atomic E-state index is 12.3. The Hall–Kier alpha value is -2.31. The molecule has 0 saturated heterocycles. The average Bonchev–Trinajstić information content (AvgIpc) is 2.78. The summed E-state index contributed by atoms with van der Waals surface area (Å²) in [6.45, 7) is 7.02. The van der Waals surface area contributed by atoms with Crippen LogP contribution in [0.4, 0.5) is 0 Å². The minimum absolute atomic E-state index is 0.164. The van der Waals surface area contributed by atoms with E-state index in [1.54, 1.807) is 34.7 Å². The van der Waals surface area contributed by atoms with Crippen LogP contribution in [-0.4, -0.2) is 43.5 Å². The molecule has 122 valence electrons. The minimum atomic E-state index is -0.731. The fourth-order valence-electron chi connectivity index (χ4n) is 2.19. The molecule has 0 radical (unpaired) electrons. The zero-order valence-corrected chi connectivity index (χ0v) is 13.8. The SMILES string of the molecule is CNC(=O)C(C)(C)CNC(=O)c1[nH]c(C)c(C(=O)OC)c1C. The van der Waals surface area contributed by atoms with Crippen molar-refractivity contribution in [3.05, 3.63) is 22.5 Å². The van der Waals surface area contributed by atoms with E-state index >= 15 is 0 Å². The van der Waals surface area contributed by atoms with Crippen LogP contribution in [0.5, 0.6) is 0 Å². The molecule has 1 aromatic heterocycles. The van der Waals surface area contributed by atoms with E-state index in [-0.39, 0.29) is 18.4 Å². The molecule has 3 N–H and O–H groups in total. The average molecular weight is 309 g/mol. The van der Waals surface area contributed by atoms with E-state index in [1.807, 2.05) is 0 Å². The van der Waals surface area contributed by atoms with E-state index in [9.17, 15) is 14.4 Å². The Morgan fingerprint density at radius 3 is 2.32 bits per heavy atom. The molecule has 0 aliphatic carbocycles. The first-order chi connectivity index (χ1) is 10.2. The van der Waals surface area contributed by atoms with E-state index in [0.29, 0.717) is 22.5 Å². The van der Waals surface area contributed by atoms with Crippen molar-refractivity contribution < 1.29 is 19.1 Å². The number of esters is 1. The number of hydrogen-bond acceptors (Lipinski definition) is 4. The van der Waals surface area contributed by atoms with Crippen molar-refractivity contribution in [2.45, 2.75) is 27.7 Å². The largest absolute Gasteiger partial charge is 0.465 e. The van der Waals surface area contributed by atoms with E-state index in [2.05, 4.69) is 15.6 Å². The van der Waals surface area contributed by atoms with Gasteiger partial charge in [-0.05, 0) is 33.3 Å². The fourth-order valence-corrected chi connectivity index (χ4v) is 2.19. The Morgan fingerprint density at radius 1 is 1.23 bits per heavy atom. The molecule has 0 aromatic carbocycles. The lowest BCUT2D eigenvalue weighted by Crippen LogP contribution is -2.43. The summed E-state index contributed by atoms with van der Waals surface area (Å²) in [5, 5.41) is 5.27. The lowest BCUT2D eigenvalue weighted by Gasteiger charge is -2.22. The van der Waals surface area contributed by atoms with Crippen molar-refractivity contribution in [2.75, 3.05) is 20.7 Å². The van der Waals surface area contributed by atoms with Gasteiger partial charge in [0, 0.05) is 19.3 Å². The highest BCUT2D eigenvalue weighted by atomic mass is 16.5. The third-order valence-corrected chi connectivity index (χ3v) is 3.59. The van der Waals surface area contributed by atoms with Crippen molar-refractivity contribution in [1.29, 1.82) is 0 Å². The van der Waals surface area contributed by atoms with Gasteiger partial charge >= 0.3 is 5.97 Å². The molecule has 7 heteroatoms. The number of aromatic nitrogens is 1. The third-order valence-electron chi connectivity index (χ3n) is 3.59. The van der Waals surface area contributed by atoms with Crippen LogP contribution in [0.15, 0.2) is 0 Å². The van der Waals surface area contributed by atoms with Crippen molar-refractivity contribution in [1.82, 2.24) is 15.6 Å². The van der Waals surface area contributed by atoms with Gasteiger partial charge in [0.2, 0.25) is 5.91 Å². The van der Waals surface area contributed by atoms with Crippen molar-refractivity contribution >= 4 is 17.8 Å². The number of ether oxygens (including phenoxy) is 1. The summed E-state index contributed by atoms with van der Waals surface area (Å²) >= 11 is 0. The molecule has 0 bridgehead atoms. The van der Waals surface area contributed by atoms with Crippen molar-refractivity contribution in [3.8, 4) is 0 Å². The molecule has 22 heavy (non-hydrogen) atoms. The van der Waals surface area contributed by atoms with E-state index in [4.69, 9.17) is 4.74 Å². The van der Waals surface area contributed by atoms with Crippen LogP contribution in [-0.2, 0) is 9.53 Å². The molecular weight excluding hydrogens is 286 g/mol. The number of aryl methyl sites for hydroxylation is 1. The molecular formula is C15H23N3O4. The highest BCUT2D eigenvalue weighted by Gasteiger charge is 2.28. The number of methoxy groups -OCH3 is 1. The molecule has 0 atom stereocenters. The number of hydrogen-bond donors (Lipinski definition) is 3. The predicted octanol–water partition coefficient (Wildman–Crippen LogP) is 0.920. The molecule has 7 nitrogen and oxygen atoms in total. The topological polar surface area (TPSA) is 100 Å². The number of amides is 2. The normalized spacial score (nSPS) is 11.0. The number of rotatable bonds is 5. The summed E-state index contributed by atoms with van der Waals surface area (Å²) in [7, 11) is 2.84. The van der Waals surface area contributed by atoms with Crippen LogP contribution >= 0.6 is 0 Å². The van der Waals surface area contributed by atoms with Gasteiger partial charge in [0.15, 0.2) is 0 Å². The van der Waals surface area contributed by atoms with Crippen LogP contribution in [0.25, 0.3) is 0 Å². The lowest BCUT2D eigenvalue weighted by atomic mass is 9.92. The quantitative estimate of drug-likeness (QED) is 0.704. The van der Waals surface area contributed by atoms with Gasteiger partial charge in [-0.25, -0.2) is 4.79 Å². The first kappa shape index (κ1) is 17.7. The summed E-state index contributed by atoms with van der Waals surface area (Å²) in [4.78, 5) is 38.6. The summed E-state index contributed by atoms with van der Waals surface area (Å²) in [5.41, 5.74) is 1.02. The second kappa shape index (κ2) is 6.64. The summed E-state index contributed by atoms with van der Waals surface area (Å²) in [6.07, 6.45) is 0. The van der Waals surface area contributed by atoms with Crippen molar-refractivity contribution in [2.24, 2.45) is 5.41 Å². The Labute approximate surface area is 129 Å². The number of H-pyrrole nitrogens is 1. The highest BCUT2D eigenvalue weighted by Crippen LogP contribution is 2.19. The summed E-state index contributed by atoms with van der Waals surface area (Å²) in [5.74, 6) is -1.02. The monoisotopic (exact) mass is 309 g/mol. The van der Waals surface area contributed by atoms with Gasteiger partial charge < -0.3 is 20.4 Å². The number of carbonyl (C=O) groups is 3. The second-order valence-corrected chi connectivity index (χ2v) is 5.76. The van der Waals surface area contributed by atoms with Gasteiger partial charge in [0.1, 0.15) is 5.69 Å². The fraction of sp³-hybridized carbons (Fsp3) is 0.533. The molecule has 0 spiro atoms. The first-order valence-corrected chi connectivity index (χ1v) is 6.93. The summed E-state index contributed by atoms with van der Waals surface area (Å²) in [6, 6.07) is 0. The Morgan fingerprint density at radius 2 is 1.82 bits per heavy atom. The smallest absolute Gasteiger partial charge is 0.339 e. The Balaban J connectivity index is 2.92. The maximum Gasteiger partial charge on any atom is 0.339 e. The Kier molecular flexibility index (Phi) is 5.35. The van der Waals surface area contributed by atoms with Gasteiger partial charge in [-0.2, -0.15) is 0 Å². The number of aromatic amines is 1. The minimum Gasteiger partial charge on any atom is -0.465 e. The van der Waals surface area contributed by atoms with Crippen LogP contribution in [0.2, 0.25) is 0 Å². The molecule has 0 fully saturated rings. The van der Waals surface area contributed by atoms with Crippen LogP contribution in [0, 0.1) is 19.3 Å².